The van der Waals surface area contributed by atoms with Gasteiger partial charge in [0.15, 0.2) is 0 Å². The number of nitriles is 1. The molecule has 1 heterocycles. The van der Waals surface area contributed by atoms with Crippen LogP contribution in [-0.4, -0.2) is 32.1 Å². The monoisotopic (exact) mass is 292 g/mol. The predicted octanol–water partition coefficient (Wildman–Crippen LogP) is 1.47. The van der Waals surface area contributed by atoms with E-state index in [1.807, 2.05) is 6.07 Å². The van der Waals surface area contributed by atoms with Gasteiger partial charge in [0.05, 0.1) is 16.5 Å². The van der Waals surface area contributed by atoms with Gasteiger partial charge in [-0.2, -0.15) is 9.57 Å². The highest BCUT2D eigenvalue weighted by Crippen LogP contribution is 2.25. The molecule has 0 amide bonds. The van der Waals surface area contributed by atoms with Gasteiger partial charge in [0.25, 0.3) is 0 Å². The fourth-order valence-electron chi connectivity index (χ4n) is 2.39. The Bertz CT molecular complexity index is 661. The van der Waals surface area contributed by atoms with Crippen LogP contribution in [0.15, 0.2) is 23.1 Å². The maximum atomic E-state index is 12.6. The molecule has 1 saturated heterocycles. The molecule has 0 spiro atoms. The number of piperidine rings is 1. The lowest BCUT2D eigenvalue weighted by molar-refractivity contribution is -0.112. The molecule has 1 fully saturated rings. The maximum absolute atomic E-state index is 12.6. The minimum atomic E-state index is -3.64. The van der Waals surface area contributed by atoms with Crippen molar-refractivity contribution >= 4 is 16.3 Å². The molecule has 1 aliphatic heterocycles. The first-order valence-electron chi connectivity index (χ1n) is 6.45. The van der Waals surface area contributed by atoms with Gasteiger partial charge in [-0.1, -0.05) is 6.07 Å². The zero-order chi connectivity index (χ0) is 14.8. The summed E-state index contributed by atoms with van der Waals surface area (Å²) in [4.78, 5) is 11.0. The number of aldehydes is 1. The number of rotatable bonds is 3. The molecule has 20 heavy (non-hydrogen) atoms. The van der Waals surface area contributed by atoms with Crippen molar-refractivity contribution in [2.45, 2.75) is 24.7 Å². The number of aryl methyl sites for hydroxylation is 1. The molecule has 106 valence electrons. The third kappa shape index (κ3) is 2.74. The van der Waals surface area contributed by atoms with Crippen LogP contribution in [0.25, 0.3) is 0 Å². The van der Waals surface area contributed by atoms with Crippen LogP contribution in [0.5, 0.6) is 0 Å². The Morgan fingerprint density at radius 2 is 2.20 bits per heavy atom. The molecule has 0 aromatic heterocycles. The van der Waals surface area contributed by atoms with Crippen molar-refractivity contribution in [3.63, 3.8) is 0 Å². The number of hydrogen-bond acceptors (Lipinski definition) is 4. The highest BCUT2D eigenvalue weighted by molar-refractivity contribution is 7.89. The Hall–Kier alpha value is -1.71. The van der Waals surface area contributed by atoms with Gasteiger partial charge in [0, 0.05) is 19.0 Å². The SMILES string of the molecule is Cc1ccc(C#N)cc1S(=O)(=O)N1CCCC(C=O)C1. The molecule has 0 radical (unpaired) electrons. The molecule has 1 aromatic carbocycles. The molecule has 0 N–H and O–H groups in total. The van der Waals surface area contributed by atoms with Crippen LogP contribution in [0.2, 0.25) is 0 Å². The third-order valence-corrected chi connectivity index (χ3v) is 5.56. The van der Waals surface area contributed by atoms with E-state index >= 15 is 0 Å². The number of sulfonamides is 1. The predicted molar refractivity (Wildman–Crippen MR) is 73.4 cm³/mol. The molecular formula is C14H16N2O3S. The molecule has 0 saturated carbocycles. The zero-order valence-corrected chi connectivity index (χ0v) is 12.1. The minimum Gasteiger partial charge on any atom is -0.303 e. The van der Waals surface area contributed by atoms with E-state index in [0.29, 0.717) is 24.1 Å². The van der Waals surface area contributed by atoms with Crippen LogP contribution >= 0.6 is 0 Å². The van der Waals surface area contributed by atoms with Gasteiger partial charge in [0.2, 0.25) is 10.0 Å². The van der Waals surface area contributed by atoms with Crippen molar-refractivity contribution in [1.29, 1.82) is 5.26 Å². The minimum absolute atomic E-state index is 0.156. The lowest BCUT2D eigenvalue weighted by Gasteiger charge is -2.29. The quantitative estimate of drug-likeness (QED) is 0.790. The van der Waals surface area contributed by atoms with Crippen LogP contribution in [-0.2, 0) is 14.8 Å². The smallest absolute Gasteiger partial charge is 0.243 e. The van der Waals surface area contributed by atoms with Crippen molar-refractivity contribution < 1.29 is 13.2 Å². The van der Waals surface area contributed by atoms with E-state index in [1.54, 1.807) is 19.1 Å². The van der Waals surface area contributed by atoms with Gasteiger partial charge in [-0.3, -0.25) is 0 Å². The Morgan fingerprint density at radius 3 is 2.85 bits per heavy atom. The Balaban J connectivity index is 2.40. The normalized spacial score (nSPS) is 20.3. The van der Waals surface area contributed by atoms with Gasteiger partial charge in [-0.15, -0.1) is 0 Å². The summed E-state index contributed by atoms with van der Waals surface area (Å²) in [5, 5.41) is 8.90. The summed E-state index contributed by atoms with van der Waals surface area (Å²) >= 11 is 0. The molecule has 6 heteroatoms. The average Bonchev–Trinajstić information content (AvgIpc) is 2.47. The standard InChI is InChI=1S/C14H16N2O3S/c1-11-4-5-12(8-15)7-14(11)20(18,19)16-6-2-3-13(9-16)10-17/h4-5,7,10,13H,2-3,6,9H2,1H3. The van der Waals surface area contributed by atoms with Crippen molar-refractivity contribution in [1.82, 2.24) is 4.31 Å². The van der Waals surface area contributed by atoms with E-state index in [-0.39, 0.29) is 17.4 Å². The number of carbonyl (C=O) groups excluding carboxylic acids is 1. The van der Waals surface area contributed by atoms with Gasteiger partial charge in [-0.05, 0) is 37.5 Å². The van der Waals surface area contributed by atoms with E-state index in [0.717, 1.165) is 12.7 Å². The van der Waals surface area contributed by atoms with Crippen molar-refractivity contribution in [3.8, 4) is 6.07 Å². The first kappa shape index (κ1) is 14.7. The van der Waals surface area contributed by atoms with Gasteiger partial charge in [-0.25, -0.2) is 8.42 Å². The molecule has 1 aliphatic rings. The average molecular weight is 292 g/mol. The van der Waals surface area contributed by atoms with Gasteiger partial charge in [0.1, 0.15) is 6.29 Å². The lowest BCUT2D eigenvalue weighted by Crippen LogP contribution is -2.40. The van der Waals surface area contributed by atoms with E-state index in [1.165, 1.54) is 10.4 Å². The number of benzene rings is 1. The number of carbonyl (C=O) groups is 1. The molecule has 2 rings (SSSR count). The molecule has 0 aliphatic carbocycles. The summed E-state index contributed by atoms with van der Waals surface area (Å²) in [5.74, 6) is -0.238. The van der Waals surface area contributed by atoms with Crippen LogP contribution in [0, 0.1) is 24.2 Å². The molecule has 5 nitrogen and oxygen atoms in total. The van der Waals surface area contributed by atoms with Crippen molar-refractivity contribution in [2.75, 3.05) is 13.1 Å². The maximum Gasteiger partial charge on any atom is 0.243 e. The molecule has 1 unspecified atom stereocenters. The second kappa shape index (κ2) is 5.73. The van der Waals surface area contributed by atoms with Crippen LogP contribution < -0.4 is 0 Å². The second-order valence-electron chi connectivity index (χ2n) is 4.99. The number of nitrogens with zero attached hydrogens (tertiary/aromatic N) is 2. The Labute approximate surface area is 118 Å². The Kier molecular flexibility index (Phi) is 4.21. The highest BCUT2D eigenvalue weighted by Gasteiger charge is 2.31. The lowest BCUT2D eigenvalue weighted by atomic mass is 10.0. The summed E-state index contributed by atoms with van der Waals surface area (Å²) < 4.78 is 26.6. The Morgan fingerprint density at radius 1 is 1.45 bits per heavy atom. The zero-order valence-electron chi connectivity index (χ0n) is 11.2. The molecular weight excluding hydrogens is 276 g/mol. The highest BCUT2D eigenvalue weighted by atomic mass is 32.2. The second-order valence-corrected chi connectivity index (χ2v) is 6.90. The molecule has 0 bridgehead atoms. The largest absolute Gasteiger partial charge is 0.303 e. The van der Waals surface area contributed by atoms with E-state index in [4.69, 9.17) is 5.26 Å². The molecule has 1 atom stereocenters. The van der Waals surface area contributed by atoms with Gasteiger partial charge >= 0.3 is 0 Å². The first-order chi connectivity index (χ1) is 9.48. The fourth-order valence-corrected chi connectivity index (χ4v) is 4.18. The van der Waals surface area contributed by atoms with E-state index in [9.17, 15) is 13.2 Å². The summed E-state index contributed by atoms with van der Waals surface area (Å²) in [7, 11) is -3.64. The van der Waals surface area contributed by atoms with E-state index < -0.39 is 10.0 Å². The van der Waals surface area contributed by atoms with Gasteiger partial charge < -0.3 is 4.79 Å². The summed E-state index contributed by atoms with van der Waals surface area (Å²) in [6, 6.07) is 6.58. The van der Waals surface area contributed by atoms with E-state index in [2.05, 4.69) is 0 Å². The van der Waals surface area contributed by atoms with Crippen LogP contribution in [0.4, 0.5) is 0 Å². The van der Waals surface area contributed by atoms with Crippen LogP contribution in [0.3, 0.4) is 0 Å². The fraction of sp³-hybridized carbons (Fsp3) is 0.429. The molecule has 1 aromatic rings. The third-order valence-electron chi connectivity index (χ3n) is 3.55. The summed E-state index contributed by atoms with van der Waals surface area (Å²) in [6.07, 6.45) is 2.23. The number of hydrogen-bond donors (Lipinski definition) is 0. The van der Waals surface area contributed by atoms with Crippen LogP contribution in [0.1, 0.15) is 24.0 Å². The van der Waals surface area contributed by atoms with Crippen molar-refractivity contribution in [2.24, 2.45) is 5.92 Å². The summed E-state index contributed by atoms with van der Waals surface area (Å²) in [5.41, 5.74) is 0.926. The first-order valence-corrected chi connectivity index (χ1v) is 7.89. The van der Waals surface area contributed by atoms with Crippen molar-refractivity contribution in [3.05, 3.63) is 29.3 Å². The topological polar surface area (TPSA) is 78.2 Å². The summed E-state index contributed by atoms with van der Waals surface area (Å²) in [6.45, 7) is 2.35.